The van der Waals surface area contributed by atoms with Gasteiger partial charge in [-0.05, 0) is 34.9 Å². The molecule has 6 atom stereocenters. The number of fused-ring (bicyclic) bond motifs is 3. The van der Waals surface area contributed by atoms with Crippen LogP contribution in [0.5, 0.6) is 5.75 Å². The third-order valence-corrected chi connectivity index (χ3v) is 9.45. The summed E-state index contributed by atoms with van der Waals surface area (Å²) in [7, 11) is 0.428. The van der Waals surface area contributed by atoms with Crippen molar-refractivity contribution in [2.24, 2.45) is 5.92 Å². The summed E-state index contributed by atoms with van der Waals surface area (Å²) in [6.45, 7) is 1.60. The van der Waals surface area contributed by atoms with Crippen molar-refractivity contribution in [3.63, 3.8) is 0 Å². The molecule has 6 rings (SSSR count). The van der Waals surface area contributed by atoms with Gasteiger partial charge in [0.2, 0.25) is 0 Å². The van der Waals surface area contributed by atoms with Gasteiger partial charge in [0.1, 0.15) is 18.0 Å². The van der Waals surface area contributed by atoms with Gasteiger partial charge in [0.05, 0.1) is 56.5 Å². The number of ether oxygens (including phenoxy) is 5. The summed E-state index contributed by atoms with van der Waals surface area (Å²) in [4.78, 5) is 0.784. The summed E-state index contributed by atoms with van der Waals surface area (Å²) >= 11 is 0. The van der Waals surface area contributed by atoms with Gasteiger partial charge in [-0.1, -0.05) is 91.0 Å². The molecule has 1 fully saturated rings. The summed E-state index contributed by atoms with van der Waals surface area (Å²) < 4.78 is 45.6. The standard InChI is InChI=1S/C35H36O6S/c1-37-28-17-18-32-29(19-28)33-30(24-42(32)36)34(39-21-26-13-7-3-8-14-26)35(40-22-27-15-9-4-10-16-27)31(41-33)23-38-20-25-11-5-2-6-12-25/h2-19,30-31,33-35H,20-24H2,1H3/t30-,31+,33+,34+,35+,42+/m0/s1. The van der Waals surface area contributed by atoms with Gasteiger partial charge in [0.15, 0.2) is 0 Å². The molecule has 42 heavy (non-hydrogen) atoms. The number of methoxy groups -OCH3 is 1. The Morgan fingerprint density at radius 2 is 1.31 bits per heavy atom. The van der Waals surface area contributed by atoms with E-state index in [0.717, 1.165) is 27.1 Å². The lowest BCUT2D eigenvalue weighted by Gasteiger charge is -2.48. The molecule has 2 heterocycles. The molecule has 0 bridgehead atoms. The molecule has 2 aliphatic rings. The molecule has 6 nitrogen and oxygen atoms in total. The van der Waals surface area contributed by atoms with Crippen molar-refractivity contribution >= 4 is 10.8 Å². The van der Waals surface area contributed by atoms with Gasteiger partial charge in [-0.2, -0.15) is 0 Å². The lowest BCUT2D eigenvalue weighted by Crippen LogP contribution is -2.57. The Morgan fingerprint density at radius 1 is 0.738 bits per heavy atom. The molecular formula is C35H36O6S. The van der Waals surface area contributed by atoms with Crippen molar-refractivity contribution in [2.75, 3.05) is 19.5 Å². The van der Waals surface area contributed by atoms with Crippen molar-refractivity contribution in [2.45, 2.75) is 49.1 Å². The zero-order chi connectivity index (χ0) is 28.7. The van der Waals surface area contributed by atoms with Gasteiger partial charge in [0, 0.05) is 22.1 Å². The third kappa shape index (κ3) is 6.66. The monoisotopic (exact) mass is 584 g/mol. The summed E-state index contributed by atoms with van der Waals surface area (Å²) in [6, 6.07) is 36.0. The van der Waals surface area contributed by atoms with E-state index in [1.165, 1.54) is 0 Å². The molecule has 0 radical (unpaired) electrons. The topological polar surface area (TPSA) is 63.2 Å². The predicted molar refractivity (Wildman–Crippen MR) is 162 cm³/mol. The van der Waals surface area contributed by atoms with Crippen LogP contribution >= 0.6 is 0 Å². The zero-order valence-corrected chi connectivity index (χ0v) is 24.5. The predicted octanol–water partition coefficient (Wildman–Crippen LogP) is 6.26. The van der Waals surface area contributed by atoms with Gasteiger partial charge in [-0.25, -0.2) is 0 Å². The fourth-order valence-corrected chi connectivity index (χ4v) is 7.33. The summed E-state index contributed by atoms with van der Waals surface area (Å²) in [6.07, 6.45) is -1.56. The van der Waals surface area contributed by atoms with Gasteiger partial charge in [0.25, 0.3) is 0 Å². The Balaban J connectivity index is 1.32. The molecule has 7 heteroatoms. The molecule has 0 unspecified atom stereocenters. The molecule has 0 saturated carbocycles. The molecule has 1 saturated heterocycles. The van der Waals surface area contributed by atoms with Gasteiger partial charge in [-0.15, -0.1) is 0 Å². The quantitative estimate of drug-likeness (QED) is 0.207. The highest BCUT2D eigenvalue weighted by Gasteiger charge is 2.51. The molecule has 2 aliphatic heterocycles. The van der Waals surface area contributed by atoms with E-state index in [4.69, 9.17) is 23.7 Å². The minimum atomic E-state index is -1.21. The molecule has 218 valence electrons. The van der Waals surface area contributed by atoms with E-state index >= 15 is 0 Å². The van der Waals surface area contributed by atoms with Gasteiger partial charge >= 0.3 is 0 Å². The van der Waals surface area contributed by atoms with E-state index in [0.29, 0.717) is 37.9 Å². The van der Waals surface area contributed by atoms with Crippen molar-refractivity contribution in [1.29, 1.82) is 0 Å². The van der Waals surface area contributed by atoms with Crippen molar-refractivity contribution in [1.82, 2.24) is 0 Å². The molecular weight excluding hydrogens is 548 g/mol. The first-order valence-electron chi connectivity index (χ1n) is 14.3. The second-order valence-corrected chi connectivity index (χ2v) is 12.2. The number of hydrogen-bond donors (Lipinski definition) is 0. The van der Waals surface area contributed by atoms with E-state index in [2.05, 4.69) is 12.1 Å². The zero-order valence-electron chi connectivity index (χ0n) is 23.7. The molecule has 0 aromatic heterocycles. The van der Waals surface area contributed by atoms with Crippen LogP contribution in [0.15, 0.2) is 114 Å². The molecule has 0 aliphatic carbocycles. The molecule has 4 aromatic rings. The molecule has 4 aromatic carbocycles. The minimum absolute atomic E-state index is 0.180. The van der Waals surface area contributed by atoms with Crippen LogP contribution in [0.4, 0.5) is 0 Å². The molecule has 0 spiro atoms. The first kappa shape index (κ1) is 28.8. The Bertz CT molecular complexity index is 1450. The van der Waals surface area contributed by atoms with E-state index in [9.17, 15) is 4.21 Å². The highest BCUT2D eigenvalue weighted by atomic mass is 32.2. The summed E-state index contributed by atoms with van der Waals surface area (Å²) in [5.74, 6) is 0.947. The SMILES string of the molecule is COc1ccc2c(c1)[C@H]1O[C@H](COCc3ccccc3)[C@@H](OCc3ccccc3)[C@H](OCc3ccccc3)[C@H]1C[S@]2=O. The highest BCUT2D eigenvalue weighted by Crippen LogP contribution is 2.46. The van der Waals surface area contributed by atoms with E-state index in [1.54, 1.807) is 7.11 Å². The minimum Gasteiger partial charge on any atom is -0.497 e. The molecule has 0 amide bonds. The van der Waals surface area contributed by atoms with Gasteiger partial charge in [-0.3, -0.25) is 4.21 Å². The fourth-order valence-electron chi connectivity index (χ4n) is 5.78. The number of benzene rings is 4. The van der Waals surface area contributed by atoms with Crippen LogP contribution in [0.3, 0.4) is 0 Å². The third-order valence-electron chi connectivity index (χ3n) is 7.90. The fraction of sp³-hybridized carbons (Fsp3) is 0.314. The Morgan fingerprint density at radius 3 is 1.90 bits per heavy atom. The lowest BCUT2D eigenvalue weighted by molar-refractivity contribution is -0.244. The van der Waals surface area contributed by atoms with Gasteiger partial charge < -0.3 is 23.7 Å². The maximum Gasteiger partial charge on any atom is 0.119 e. The lowest BCUT2D eigenvalue weighted by atomic mass is 9.83. The normalized spacial score (nSPS) is 24.9. The maximum atomic E-state index is 13.5. The van der Waals surface area contributed by atoms with Crippen LogP contribution in [0.2, 0.25) is 0 Å². The van der Waals surface area contributed by atoms with Crippen LogP contribution in [-0.4, -0.2) is 42.0 Å². The second-order valence-electron chi connectivity index (χ2n) is 10.7. The van der Waals surface area contributed by atoms with Crippen LogP contribution in [0.25, 0.3) is 0 Å². The second kappa shape index (κ2) is 13.8. The Kier molecular flexibility index (Phi) is 9.43. The summed E-state index contributed by atoms with van der Waals surface area (Å²) in [5, 5.41) is 0. The number of rotatable bonds is 11. The highest BCUT2D eigenvalue weighted by molar-refractivity contribution is 7.85. The number of hydrogen-bond acceptors (Lipinski definition) is 6. The first-order valence-corrected chi connectivity index (χ1v) is 15.7. The van der Waals surface area contributed by atoms with Crippen LogP contribution in [0.1, 0.15) is 28.4 Å². The van der Waals surface area contributed by atoms with Crippen molar-refractivity contribution in [3.05, 3.63) is 131 Å². The van der Waals surface area contributed by atoms with E-state index < -0.39 is 23.0 Å². The van der Waals surface area contributed by atoms with Crippen LogP contribution < -0.4 is 4.74 Å². The van der Waals surface area contributed by atoms with Crippen LogP contribution in [0, 0.1) is 5.92 Å². The van der Waals surface area contributed by atoms with Crippen LogP contribution in [-0.2, 0) is 49.6 Å². The Hall–Kier alpha value is -3.33. The largest absolute Gasteiger partial charge is 0.497 e. The smallest absolute Gasteiger partial charge is 0.119 e. The Labute approximate surface area is 250 Å². The average molecular weight is 585 g/mol. The van der Waals surface area contributed by atoms with Crippen molar-refractivity contribution in [3.8, 4) is 5.75 Å². The first-order chi connectivity index (χ1) is 20.7. The van der Waals surface area contributed by atoms with E-state index in [1.807, 2.05) is 97.1 Å². The van der Waals surface area contributed by atoms with E-state index in [-0.39, 0.29) is 18.1 Å². The summed E-state index contributed by atoms with van der Waals surface area (Å²) in [5.41, 5.74) is 4.10. The average Bonchev–Trinajstić information content (AvgIpc) is 3.04. The maximum absolute atomic E-state index is 13.5. The van der Waals surface area contributed by atoms with Crippen molar-refractivity contribution < 1.29 is 27.9 Å². The molecule has 0 N–H and O–H groups in total.